The molecule has 1 aliphatic carbocycles. The summed E-state index contributed by atoms with van der Waals surface area (Å²) in [5, 5.41) is 8.49. The predicted molar refractivity (Wildman–Crippen MR) is 154 cm³/mol. The Bertz CT molecular complexity index is 986. The second-order valence-corrected chi connectivity index (χ2v) is 13.6. The summed E-state index contributed by atoms with van der Waals surface area (Å²) in [6.45, 7) is 12.5. The van der Waals surface area contributed by atoms with Gasteiger partial charge < -0.3 is 15.4 Å². The molecule has 9 heteroatoms. The molecule has 1 saturated carbocycles. The number of rotatable bonds is 7. The van der Waals surface area contributed by atoms with E-state index < -0.39 is 23.2 Å². The number of benzene rings is 1. The molecule has 39 heavy (non-hydrogen) atoms. The fourth-order valence-corrected chi connectivity index (χ4v) is 5.83. The number of nitrogens with zero attached hydrogens (tertiary/aromatic N) is 1. The third kappa shape index (κ3) is 9.38. The van der Waals surface area contributed by atoms with Gasteiger partial charge >= 0.3 is 6.09 Å². The molecular weight excluding hydrogens is 516 g/mol. The zero-order valence-corrected chi connectivity index (χ0v) is 25.2. The Hall–Kier alpha value is -2.32. The summed E-state index contributed by atoms with van der Waals surface area (Å²) in [7, 11) is 0. The molecule has 0 aromatic heterocycles. The number of hydrogen-bond donors (Lipinski definition) is 3. The molecule has 1 aliphatic heterocycles. The number of nitrogens with one attached hydrogen (secondary N) is 3. The van der Waals surface area contributed by atoms with E-state index in [0.29, 0.717) is 36.9 Å². The molecule has 1 aromatic rings. The monoisotopic (exact) mass is 562 g/mol. The van der Waals surface area contributed by atoms with E-state index in [1.807, 2.05) is 37.9 Å². The fraction of sp³-hybridized carbons (Fsp3) is 0.700. The highest BCUT2D eigenvalue weighted by atomic mass is 35.5. The molecule has 2 aliphatic rings. The van der Waals surface area contributed by atoms with Gasteiger partial charge in [-0.15, -0.1) is 0 Å². The van der Waals surface area contributed by atoms with Crippen LogP contribution in [0.2, 0.25) is 5.02 Å². The van der Waals surface area contributed by atoms with E-state index in [-0.39, 0.29) is 23.8 Å². The van der Waals surface area contributed by atoms with Crippen LogP contribution in [0.25, 0.3) is 0 Å². The van der Waals surface area contributed by atoms with Crippen molar-refractivity contribution in [1.29, 1.82) is 0 Å². The van der Waals surface area contributed by atoms with Gasteiger partial charge in [-0.3, -0.25) is 15.0 Å². The van der Waals surface area contributed by atoms with Gasteiger partial charge in [0.05, 0.1) is 5.41 Å². The summed E-state index contributed by atoms with van der Waals surface area (Å²) < 4.78 is 5.42. The molecule has 0 spiro atoms. The molecule has 1 atom stereocenters. The first-order chi connectivity index (χ1) is 18.2. The predicted octanol–water partition coefficient (Wildman–Crippen LogP) is 5.38. The van der Waals surface area contributed by atoms with Gasteiger partial charge in [0.2, 0.25) is 5.91 Å². The van der Waals surface area contributed by atoms with Crippen LogP contribution in [0.3, 0.4) is 0 Å². The van der Waals surface area contributed by atoms with Crippen molar-refractivity contribution in [2.45, 2.75) is 110 Å². The van der Waals surface area contributed by atoms with Crippen LogP contribution in [0.15, 0.2) is 24.3 Å². The molecule has 0 bridgehead atoms. The van der Waals surface area contributed by atoms with Gasteiger partial charge in [0, 0.05) is 30.1 Å². The van der Waals surface area contributed by atoms with Crippen LogP contribution in [-0.2, 0) is 20.7 Å². The maximum Gasteiger partial charge on any atom is 0.408 e. The largest absolute Gasteiger partial charge is 0.444 e. The van der Waals surface area contributed by atoms with E-state index in [1.54, 1.807) is 32.9 Å². The molecule has 0 radical (unpaired) electrons. The molecule has 3 N–H and O–H groups in total. The number of hydrogen-bond acceptors (Lipinski definition) is 5. The average Bonchev–Trinajstić information content (AvgIpc) is 2.84. The Labute approximate surface area is 238 Å². The molecule has 2 fully saturated rings. The van der Waals surface area contributed by atoms with Gasteiger partial charge in [-0.1, -0.05) is 43.0 Å². The zero-order chi connectivity index (χ0) is 28.8. The van der Waals surface area contributed by atoms with Gasteiger partial charge in [0.1, 0.15) is 11.6 Å². The molecule has 1 saturated heterocycles. The van der Waals surface area contributed by atoms with Gasteiger partial charge in [-0.05, 0) is 90.8 Å². The molecule has 1 aromatic carbocycles. The van der Waals surface area contributed by atoms with E-state index in [1.165, 1.54) is 19.3 Å². The van der Waals surface area contributed by atoms with Crippen LogP contribution in [-0.4, -0.2) is 53.2 Å². The van der Waals surface area contributed by atoms with E-state index in [4.69, 9.17) is 16.3 Å². The minimum atomic E-state index is -0.838. The van der Waals surface area contributed by atoms with Crippen LogP contribution < -0.4 is 16.1 Å². The van der Waals surface area contributed by atoms with Crippen molar-refractivity contribution in [2.75, 3.05) is 13.1 Å². The van der Waals surface area contributed by atoms with Gasteiger partial charge in [0.15, 0.2) is 0 Å². The highest BCUT2D eigenvalue weighted by Gasteiger charge is 2.48. The van der Waals surface area contributed by atoms with E-state index in [9.17, 15) is 14.4 Å². The summed E-state index contributed by atoms with van der Waals surface area (Å²) in [5.74, 6) is 0.179. The number of alkyl carbamates (subject to hydrolysis) is 1. The van der Waals surface area contributed by atoms with Gasteiger partial charge in [0.25, 0.3) is 5.91 Å². The third-order valence-corrected chi connectivity index (χ3v) is 7.86. The second kappa shape index (κ2) is 12.9. The molecule has 218 valence electrons. The molecule has 3 amide bonds. The van der Waals surface area contributed by atoms with Crippen molar-refractivity contribution >= 4 is 29.5 Å². The number of carbonyl (C=O) groups excluding carboxylic acids is 3. The Kier molecular flexibility index (Phi) is 10.3. The van der Waals surface area contributed by atoms with Crippen LogP contribution in [0.1, 0.15) is 92.1 Å². The van der Waals surface area contributed by atoms with E-state index in [0.717, 1.165) is 18.4 Å². The lowest BCUT2D eigenvalue weighted by Gasteiger charge is -2.47. The third-order valence-electron chi connectivity index (χ3n) is 7.61. The van der Waals surface area contributed by atoms with E-state index in [2.05, 4.69) is 16.1 Å². The number of hydrazine groups is 1. The summed E-state index contributed by atoms with van der Waals surface area (Å²) in [4.78, 5) is 39.7. The highest BCUT2D eigenvalue weighted by Crippen LogP contribution is 2.46. The normalized spacial score (nSPS) is 19.6. The smallest absolute Gasteiger partial charge is 0.408 e. The van der Waals surface area contributed by atoms with Gasteiger partial charge in [-0.25, -0.2) is 9.80 Å². The SMILES string of the molecule is CC(C)(C)NC(=O)C1(C2CCCCC2)CCN(NC(=O)[C@@H](Cc2ccc(Cl)cc2)NC(=O)OC(C)(C)C)CC1. The lowest BCUT2D eigenvalue weighted by atomic mass is 9.63. The minimum Gasteiger partial charge on any atom is -0.444 e. The average molecular weight is 563 g/mol. The number of ether oxygens (including phenoxy) is 1. The van der Waals surface area contributed by atoms with Gasteiger partial charge in [-0.2, -0.15) is 0 Å². The first kappa shape index (κ1) is 31.2. The second-order valence-electron chi connectivity index (χ2n) is 13.2. The first-order valence-electron chi connectivity index (χ1n) is 14.3. The maximum atomic E-state index is 13.6. The molecule has 8 nitrogen and oxygen atoms in total. The summed E-state index contributed by atoms with van der Waals surface area (Å²) in [5.41, 5.74) is 2.47. The summed E-state index contributed by atoms with van der Waals surface area (Å²) >= 11 is 6.03. The van der Waals surface area contributed by atoms with Crippen molar-refractivity contribution in [3.05, 3.63) is 34.9 Å². The quantitative estimate of drug-likeness (QED) is 0.414. The standard InChI is InChI=1S/C30H47ClN4O4/c1-28(2,3)33-26(37)30(22-10-8-7-9-11-22)16-18-35(19-17-30)34-25(36)24(32-27(38)39-29(4,5)6)20-21-12-14-23(31)15-13-21/h12-15,22,24H,7-11,16-20H2,1-6H3,(H,32,38)(H,33,37)(H,34,36)/t24-/m1/s1. The number of piperidine rings is 1. The maximum absolute atomic E-state index is 13.6. The number of carbonyl (C=O) groups is 3. The van der Waals surface area contributed by atoms with E-state index >= 15 is 0 Å². The lowest BCUT2D eigenvalue weighted by molar-refractivity contribution is -0.143. The van der Waals surface area contributed by atoms with Crippen LogP contribution in [0, 0.1) is 11.3 Å². The Morgan fingerprint density at radius 3 is 2.13 bits per heavy atom. The lowest BCUT2D eigenvalue weighted by Crippen LogP contribution is -2.60. The number of amides is 3. The number of halogens is 1. The van der Waals surface area contributed by atoms with Crippen molar-refractivity contribution in [3.8, 4) is 0 Å². The van der Waals surface area contributed by atoms with Crippen molar-refractivity contribution < 1.29 is 19.1 Å². The Morgan fingerprint density at radius 1 is 1.00 bits per heavy atom. The van der Waals surface area contributed by atoms with Crippen LogP contribution >= 0.6 is 11.6 Å². The zero-order valence-electron chi connectivity index (χ0n) is 24.5. The molecule has 0 unspecified atom stereocenters. The van der Waals surface area contributed by atoms with Crippen molar-refractivity contribution in [3.63, 3.8) is 0 Å². The fourth-order valence-electron chi connectivity index (χ4n) is 5.71. The van der Waals surface area contributed by atoms with Crippen molar-refractivity contribution in [1.82, 2.24) is 21.1 Å². The molecular formula is C30H47ClN4O4. The van der Waals surface area contributed by atoms with Crippen LogP contribution in [0.5, 0.6) is 0 Å². The Balaban J connectivity index is 1.70. The van der Waals surface area contributed by atoms with Crippen LogP contribution in [0.4, 0.5) is 4.79 Å². The Morgan fingerprint density at radius 2 is 1.59 bits per heavy atom. The molecule has 1 heterocycles. The first-order valence-corrected chi connectivity index (χ1v) is 14.7. The minimum absolute atomic E-state index is 0.139. The topological polar surface area (TPSA) is 99.8 Å². The summed E-state index contributed by atoms with van der Waals surface area (Å²) in [6.07, 6.45) is 6.72. The molecule has 3 rings (SSSR count). The van der Waals surface area contributed by atoms with Crippen molar-refractivity contribution in [2.24, 2.45) is 11.3 Å². The summed E-state index contributed by atoms with van der Waals surface area (Å²) in [6, 6.07) is 6.36. The highest BCUT2D eigenvalue weighted by molar-refractivity contribution is 6.30.